The molecule has 0 N–H and O–H groups in total. The smallest absolute Gasteiger partial charge is 0.399 e. The quantitative estimate of drug-likeness (QED) is 0.622. The van der Waals surface area contributed by atoms with Crippen LogP contribution in [-0.2, 0) is 5.88 Å². The van der Waals surface area contributed by atoms with Crippen molar-refractivity contribution in [2.75, 3.05) is 0 Å². The predicted octanol–water partition coefficient (Wildman–Crippen LogP) is 5.00. The van der Waals surface area contributed by atoms with Crippen molar-refractivity contribution in [2.45, 2.75) is 5.88 Å². The number of hydrogen-bond donors (Lipinski definition) is 0. The summed E-state index contributed by atoms with van der Waals surface area (Å²) in [5.41, 5.74) is 0.635. The van der Waals surface area contributed by atoms with Gasteiger partial charge in [0, 0.05) is 0 Å². The van der Waals surface area contributed by atoms with E-state index in [2.05, 4.69) is 4.98 Å². The van der Waals surface area contributed by atoms with E-state index in [1.165, 1.54) is 6.26 Å². The fourth-order valence-corrected chi connectivity index (χ4v) is 1.82. The normalized spacial score (nSPS) is 10.3. The van der Waals surface area contributed by atoms with Gasteiger partial charge in [-0.1, -0.05) is 18.2 Å². The zero-order valence-corrected chi connectivity index (χ0v) is 11.8. The first-order valence-electron chi connectivity index (χ1n) is 6.35. The molecular formula is C16H12ClNO3. The van der Waals surface area contributed by atoms with E-state index >= 15 is 0 Å². The van der Waals surface area contributed by atoms with E-state index in [0.717, 1.165) is 11.5 Å². The first-order chi connectivity index (χ1) is 10.3. The van der Waals surface area contributed by atoms with Crippen molar-refractivity contribution in [1.29, 1.82) is 0 Å². The van der Waals surface area contributed by atoms with Crippen molar-refractivity contribution in [3.05, 3.63) is 66.6 Å². The minimum atomic E-state index is 0.169. The summed E-state index contributed by atoms with van der Waals surface area (Å²) in [5.74, 6) is 2.41. The lowest BCUT2D eigenvalue weighted by molar-refractivity contribution is 0.330. The Morgan fingerprint density at radius 3 is 2.10 bits per heavy atom. The van der Waals surface area contributed by atoms with E-state index in [9.17, 15) is 0 Å². The highest BCUT2D eigenvalue weighted by atomic mass is 35.5. The fraction of sp³-hybridized carbons (Fsp3) is 0.0625. The molecule has 2 aromatic carbocycles. The number of aromatic nitrogens is 1. The number of para-hydroxylation sites is 1. The molecular weight excluding hydrogens is 290 g/mol. The van der Waals surface area contributed by atoms with Gasteiger partial charge in [0.25, 0.3) is 0 Å². The van der Waals surface area contributed by atoms with Crippen molar-refractivity contribution in [2.24, 2.45) is 0 Å². The average Bonchev–Trinajstić information content (AvgIpc) is 2.98. The Morgan fingerprint density at radius 1 is 0.857 bits per heavy atom. The maximum Gasteiger partial charge on any atom is 0.399 e. The number of hydrogen-bond acceptors (Lipinski definition) is 4. The molecule has 0 aliphatic rings. The molecule has 0 aliphatic carbocycles. The average molecular weight is 302 g/mol. The van der Waals surface area contributed by atoms with Crippen molar-refractivity contribution < 1.29 is 13.9 Å². The molecule has 0 atom stereocenters. The third kappa shape index (κ3) is 3.55. The van der Waals surface area contributed by atoms with Crippen LogP contribution in [0.4, 0.5) is 0 Å². The number of rotatable bonds is 5. The fourth-order valence-electron chi connectivity index (χ4n) is 1.70. The number of halogens is 1. The second kappa shape index (κ2) is 6.33. The van der Waals surface area contributed by atoms with Crippen molar-refractivity contribution in [3.8, 4) is 23.3 Å². The topological polar surface area (TPSA) is 44.5 Å². The van der Waals surface area contributed by atoms with Gasteiger partial charge in [0.2, 0.25) is 0 Å². The van der Waals surface area contributed by atoms with Crippen LogP contribution in [0.5, 0.6) is 23.3 Å². The van der Waals surface area contributed by atoms with Crippen LogP contribution in [0.3, 0.4) is 0 Å². The zero-order chi connectivity index (χ0) is 14.5. The van der Waals surface area contributed by atoms with Gasteiger partial charge in [-0.2, -0.15) is 4.98 Å². The minimum Gasteiger partial charge on any atom is -0.457 e. The van der Waals surface area contributed by atoms with Gasteiger partial charge in [-0.15, -0.1) is 11.6 Å². The molecule has 4 nitrogen and oxygen atoms in total. The van der Waals surface area contributed by atoms with Crippen LogP contribution < -0.4 is 9.47 Å². The molecule has 0 aliphatic heterocycles. The molecule has 3 aromatic rings. The molecule has 0 radical (unpaired) electrons. The highest BCUT2D eigenvalue weighted by Crippen LogP contribution is 2.26. The number of alkyl halides is 1. The molecule has 0 unspecified atom stereocenters. The molecule has 0 saturated carbocycles. The summed E-state index contributed by atoms with van der Waals surface area (Å²) >= 11 is 5.65. The molecule has 1 aromatic heterocycles. The van der Waals surface area contributed by atoms with Gasteiger partial charge in [-0.05, 0) is 36.4 Å². The molecule has 0 bridgehead atoms. The van der Waals surface area contributed by atoms with Gasteiger partial charge < -0.3 is 13.9 Å². The van der Waals surface area contributed by atoms with Crippen LogP contribution in [0.1, 0.15) is 5.69 Å². The lowest BCUT2D eigenvalue weighted by atomic mass is 10.3. The van der Waals surface area contributed by atoms with Crippen molar-refractivity contribution >= 4 is 11.6 Å². The van der Waals surface area contributed by atoms with Gasteiger partial charge >= 0.3 is 6.08 Å². The Kier molecular flexibility index (Phi) is 4.07. The summed E-state index contributed by atoms with van der Waals surface area (Å²) in [6.45, 7) is 0. The van der Waals surface area contributed by atoms with E-state index < -0.39 is 0 Å². The Morgan fingerprint density at radius 2 is 1.48 bits per heavy atom. The standard InChI is InChI=1S/C16H12ClNO3/c17-10-12-11-19-16(18-12)21-15-8-6-14(7-9-15)20-13-4-2-1-3-5-13/h1-9,11H,10H2. The van der Waals surface area contributed by atoms with Crippen LogP contribution in [0.15, 0.2) is 65.3 Å². The second-order valence-electron chi connectivity index (χ2n) is 4.23. The summed E-state index contributed by atoms with van der Waals surface area (Å²) in [4.78, 5) is 4.06. The van der Waals surface area contributed by atoms with Crippen LogP contribution in [0, 0.1) is 0 Å². The maximum atomic E-state index is 5.69. The maximum absolute atomic E-state index is 5.69. The number of ether oxygens (including phenoxy) is 2. The second-order valence-corrected chi connectivity index (χ2v) is 4.49. The zero-order valence-electron chi connectivity index (χ0n) is 11.0. The summed E-state index contributed by atoms with van der Waals surface area (Å²) < 4.78 is 16.3. The SMILES string of the molecule is ClCc1coc(Oc2ccc(Oc3ccccc3)cc2)n1. The molecule has 3 rings (SSSR count). The van der Waals surface area contributed by atoms with Gasteiger partial charge in [-0.25, -0.2) is 0 Å². The van der Waals surface area contributed by atoms with E-state index in [1.807, 2.05) is 42.5 Å². The van der Waals surface area contributed by atoms with E-state index in [4.69, 9.17) is 25.5 Å². The molecule has 106 valence electrons. The largest absolute Gasteiger partial charge is 0.457 e. The molecule has 0 saturated heterocycles. The molecule has 0 amide bonds. The van der Waals surface area contributed by atoms with Gasteiger partial charge in [-0.3, -0.25) is 0 Å². The minimum absolute atomic E-state index is 0.169. The molecule has 0 fully saturated rings. The summed E-state index contributed by atoms with van der Waals surface area (Å²) in [6, 6.07) is 16.8. The van der Waals surface area contributed by atoms with Crippen LogP contribution >= 0.6 is 11.6 Å². The highest BCUT2D eigenvalue weighted by molar-refractivity contribution is 6.16. The summed E-state index contributed by atoms with van der Waals surface area (Å²) in [6.07, 6.45) is 1.64. The molecule has 5 heteroatoms. The van der Waals surface area contributed by atoms with E-state index in [0.29, 0.717) is 11.4 Å². The molecule has 0 spiro atoms. The van der Waals surface area contributed by atoms with Gasteiger partial charge in [0.15, 0.2) is 0 Å². The summed E-state index contributed by atoms with van der Waals surface area (Å²) in [5, 5.41) is 0. The van der Waals surface area contributed by atoms with E-state index in [1.54, 1.807) is 12.1 Å². The lowest BCUT2D eigenvalue weighted by Gasteiger charge is -2.06. The Bertz CT molecular complexity index is 695. The van der Waals surface area contributed by atoms with Crippen LogP contribution in [-0.4, -0.2) is 4.98 Å². The lowest BCUT2D eigenvalue weighted by Crippen LogP contribution is -1.86. The van der Waals surface area contributed by atoms with Crippen molar-refractivity contribution in [1.82, 2.24) is 4.98 Å². The monoisotopic (exact) mass is 301 g/mol. The first-order valence-corrected chi connectivity index (χ1v) is 6.88. The van der Waals surface area contributed by atoms with Gasteiger partial charge in [0.05, 0.1) is 11.6 Å². The predicted molar refractivity (Wildman–Crippen MR) is 79.1 cm³/mol. The molecule has 1 heterocycles. The first kappa shape index (κ1) is 13.5. The number of nitrogens with zero attached hydrogens (tertiary/aromatic N) is 1. The van der Waals surface area contributed by atoms with Gasteiger partial charge in [0.1, 0.15) is 23.5 Å². The third-order valence-corrected chi connectivity index (χ3v) is 2.95. The van der Waals surface area contributed by atoms with Crippen LogP contribution in [0.2, 0.25) is 0 Å². The number of oxazole rings is 1. The Labute approximate surface area is 126 Å². The van der Waals surface area contributed by atoms with Crippen LogP contribution in [0.25, 0.3) is 0 Å². The van der Waals surface area contributed by atoms with E-state index in [-0.39, 0.29) is 12.0 Å². The Balaban J connectivity index is 1.66. The Hall–Kier alpha value is -2.46. The molecule has 21 heavy (non-hydrogen) atoms. The third-order valence-electron chi connectivity index (χ3n) is 2.68. The number of benzene rings is 2. The van der Waals surface area contributed by atoms with Crippen molar-refractivity contribution in [3.63, 3.8) is 0 Å². The summed E-state index contributed by atoms with van der Waals surface area (Å²) in [7, 11) is 0. The highest BCUT2D eigenvalue weighted by Gasteiger charge is 2.06.